The molecule has 0 atom stereocenters. The average molecular weight is 414 g/mol. The summed E-state index contributed by atoms with van der Waals surface area (Å²) in [4.78, 5) is 12.0. The number of hydrogen-bond donors (Lipinski definition) is 1. The first-order valence-electron chi connectivity index (χ1n) is 7.41. The number of sulfonamides is 1. The van der Waals surface area contributed by atoms with Gasteiger partial charge in [-0.05, 0) is 30.7 Å². The van der Waals surface area contributed by atoms with E-state index in [1.165, 1.54) is 45.6 Å². The van der Waals surface area contributed by atoms with Gasteiger partial charge in [0.1, 0.15) is 0 Å². The van der Waals surface area contributed by atoms with Crippen LogP contribution in [0, 0.1) is 17.0 Å². The van der Waals surface area contributed by atoms with Gasteiger partial charge in [-0.3, -0.25) is 10.1 Å². The Kier molecular flexibility index (Phi) is 6.24. The smallest absolute Gasteiger partial charge is 0.276 e. The molecule has 0 radical (unpaired) electrons. The number of nitrogens with one attached hydrogen (secondary N) is 1. The molecule has 2 rings (SSSR count). The fourth-order valence-corrected chi connectivity index (χ4v) is 3.30. The molecule has 2 aromatic carbocycles. The Morgan fingerprint density at radius 1 is 1.22 bits per heavy atom. The molecule has 0 heterocycles. The lowest BCUT2D eigenvalue weighted by Crippen LogP contribution is -2.18. The number of nitro benzene ring substituents is 1. The van der Waals surface area contributed by atoms with Crippen molar-refractivity contribution in [3.8, 4) is 11.5 Å². The van der Waals surface area contributed by atoms with Crippen molar-refractivity contribution >= 4 is 33.5 Å². The Morgan fingerprint density at radius 2 is 1.93 bits per heavy atom. The normalized spacial score (nSPS) is 11.4. The molecule has 27 heavy (non-hydrogen) atoms. The van der Waals surface area contributed by atoms with Crippen molar-refractivity contribution in [1.82, 2.24) is 4.83 Å². The van der Waals surface area contributed by atoms with E-state index in [0.717, 1.165) is 6.07 Å². The lowest BCUT2D eigenvalue weighted by atomic mass is 10.2. The average Bonchev–Trinajstić information content (AvgIpc) is 2.60. The van der Waals surface area contributed by atoms with Gasteiger partial charge in [0.15, 0.2) is 11.5 Å². The maximum atomic E-state index is 12.3. The summed E-state index contributed by atoms with van der Waals surface area (Å²) in [5.41, 5.74) is 0.506. The molecule has 0 aliphatic heterocycles. The van der Waals surface area contributed by atoms with Crippen molar-refractivity contribution in [1.29, 1.82) is 0 Å². The Hall–Kier alpha value is -2.85. The van der Waals surface area contributed by atoms with Crippen molar-refractivity contribution in [2.24, 2.45) is 5.10 Å². The van der Waals surface area contributed by atoms with Crippen LogP contribution in [-0.2, 0) is 10.0 Å². The highest BCUT2D eigenvalue weighted by Crippen LogP contribution is 2.35. The fourth-order valence-electron chi connectivity index (χ4n) is 2.19. The summed E-state index contributed by atoms with van der Waals surface area (Å²) in [7, 11) is -1.21. The van der Waals surface area contributed by atoms with Crippen LogP contribution in [0.1, 0.15) is 11.1 Å². The maximum Gasteiger partial charge on any atom is 0.276 e. The first-order valence-corrected chi connectivity index (χ1v) is 9.27. The molecule has 0 aromatic heterocycles. The molecule has 0 saturated carbocycles. The zero-order chi connectivity index (χ0) is 20.2. The zero-order valence-electron chi connectivity index (χ0n) is 14.6. The number of benzene rings is 2. The number of nitro groups is 1. The van der Waals surface area contributed by atoms with Gasteiger partial charge in [0.25, 0.3) is 15.7 Å². The highest BCUT2D eigenvalue weighted by Gasteiger charge is 2.19. The third-order valence-electron chi connectivity index (χ3n) is 3.53. The monoisotopic (exact) mass is 413 g/mol. The number of hydrazone groups is 1. The van der Waals surface area contributed by atoms with E-state index in [2.05, 4.69) is 5.10 Å². The number of methoxy groups -OCH3 is 2. The molecule has 1 N–H and O–H groups in total. The minimum absolute atomic E-state index is 0.260. The Bertz CT molecular complexity index is 1010. The van der Waals surface area contributed by atoms with Gasteiger partial charge >= 0.3 is 0 Å². The molecule has 0 spiro atoms. The zero-order valence-corrected chi connectivity index (χ0v) is 16.2. The van der Waals surface area contributed by atoms with Gasteiger partial charge in [-0.25, -0.2) is 4.83 Å². The minimum atomic E-state index is -4.08. The van der Waals surface area contributed by atoms with Crippen molar-refractivity contribution in [2.45, 2.75) is 11.8 Å². The molecule has 0 fully saturated rings. The third-order valence-corrected chi connectivity index (χ3v) is 5.03. The molecule has 9 nitrogen and oxygen atoms in total. The second-order valence-corrected chi connectivity index (χ2v) is 7.36. The van der Waals surface area contributed by atoms with E-state index >= 15 is 0 Å². The molecule has 0 saturated heterocycles. The summed E-state index contributed by atoms with van der Waals surface area (Å²) in [5.74, 6) is 0.687. The van der Waals surface area contributed by atoms with E-state index in [0.29, 0.717) is 22.6 Å². The number of halogens is 1. The first kappa shape index (κ1) is 20.5. The van der Waals surface area contributed by atoms with Gasteiger partial charge in [-0.2, -0.15) is 13.5 Å². The second-order valence-electron chi connectivity index (χ2n) is 5.30. The van der Waals surface area contributed by atoms with Crippen LogP contribution in [0.15, 0.2) is 40.3 Å². The van der Waals surface area contributed by atoms with Crippen LogP contribution in [-0.4, -0.2) is 33.8 Å². The molecule has 0 aliphatic rings. The van der Waals surface area contributed by atoms with Gasteiger partial charge in [0.05, 0.1) is 35.3 Å². The number of nitrogens with zero attached hydrogens (tertiary/aromatic N) is 2. The predicted molar refractivity (Wildman–Crippen MR) is 100 cm³/mol. The summed E-state index contributed by atoms with van der Waals surface area (Å²) < 4.78 is 34.8. The summed E-state index contributed by atoms with van der Waals surface area (Å²) >= 11 is 6.07. The highest BCUT2D eigenvalue weighted by molar-refractivity contribution is 7.89. The number of ether oxygens (including phenoxy) is 2. The quantitative estimate of drug-likeness (QED) is 0.423. The number of hydrogen-bond acceptors (Lipinski definition) is 7. The highest BCUT2D eigenvalue weighted by atomic mass is 35.5. The van der Waals surface area contributed by atoms with E-state index in [4.69, 9.17) is 21.1 Å². The van der Waals surface area contributed by atoms with Gasteiger partial charge in [0, 0.05) is 11.6 Å². The largest absolute Gasteiger partial charge is 0.493 e. The number of rotatable bonds is 7. The van der Waals surface area contributed by atoms with Crippen LogP contribution >= 0.6 is 11.6 Å². The second kappa shape index (κ2) is 8.23. The molecular weight excluding hydrogens is 398 g/mol. The fraction of sp³-hybridized carbons (Fsp3) is 0.188. The van der Waals surface area contributed by atoms with Crippen LogP contribution in [0.2, 0.25) is 5.02 Å². The molecule has 0 amide bonds. The molecule has 0 unspecified atom stereocenters. The van der Waals surface area contributed by atoms with E-state index in [-0.39, 0.29) is 15.6 Å². The molecule has 11 heteroatoms. The summed E-state index contributed by atoms with van der Waals surface area (Å²) in [6.45, 7) is 1.51. The van der Waals surface area contributed by atoms with Crippen LogP contribution in [0.3, 0.4) is 0 Å². The standard InChI is InChI=1S/C16H16ClN3O6S/c1-10-4-5-12(8-14(10)20(21)22)27(23,24)19-18-9-11-6-13(17)16(26-3)15(7-11)25-2/h4-9,19H,1-3H3/b18-9+. The SMILES string of the molecule is COc1cc(/C=N/NS(=O)(=O)c2ccc(C)c([N+](=O)[O-])c2)cc(Cl)c1OC. The molecule has 2 aromatic rings. The van der Waals surface area contributed by atoms with Crippen LogP contribution < -0.4 is 14.3 Å². The summed E-state index contributed by atoms with van der Waals surface area (Å²) in [6, 6.07) is 6.65. The Balaban J connectivity index is 2.26. The predicted octanol–water partition coefficient (Wildman–Crippen LogP) is 2.89. The van der Waals surface area contributed by atoms with Crippen molar-refractivity contribution in [3.05, 3.63) is 56.6 Å². The number of aryl methyl sites for hydroxylation is 1. The van der Waals surface area contributed by atoms with Gasteiger partial charge in [0.2, 0.25) is 0 Å². The molecular formula is C16H16ClN3O6S. The van der Waals surface area contributed by atoms with E-state index < -0.39 is 14.9 Å². The molecule has 144 valence electrons. The lowest BCUT2D eigenvalue weighted by molar-refractivity contribution is -0.385. The third kappa shape index (κ3) is 4.66. The summed E-state index contributed by atoms with van der Waals surface area (Å²) in [6.07, 6.45) is 1.22. The Labute approximate surface area is 160 Å². The Morgan fingerprint density at radius 3 is 2.52 bits per heavy atom. The van der Waals surface area contributed by atoms with E-state index in [1.807, 2.05) is 4.83 Å². The van der Waals surface area contributed by atoms with E-state index in [9.17, 15) is 18.5 Å². The van der Waals surface area contributed by atoms with Crippen LogP contribution in [0.5, 0.6) is 11.5 Å². The topological polar surface area (TPSA) is 120 Å². The van der Waals surface area contributed by atoms with Crippen molar-refractivity contribution in [2.75, 3.05) is 14.2 Å². The maximum absolute atomic E-state index is 12.3. The van der Waals surface area contributed by atoms with Crippen molar-refractivity contribution in [3.63, 3.8) is 0 Å². The van der Waals surface area contributed by atoms with Crippen molar-refractivity contribution < 1.29 is 22.8 Å². The van der Waals surface area contributed by atoms with E-state index in [1.54, 1.807) is 6.07 Å². The summed E-state index contributed by atoms with van der Waals surface area (Å²) in [5, 5.41) is 14.9. The van der Waals surface area contributed by atoms with Crippen LogP contribution in [0.4, 0.5) is 5.69 Å². The van der Waals surface area contributed by atoms with Crippen LogP contribution in [0.25, 0.3) is 0 Å². The van der Waals surface area contributed by atoms with Gasteiger partial charge < -0.3 is 9.47 Å². The lowest BCUT2D eigenvalue weighted by Gasteiger charge is -2.10. The minimum Gasteiger partial charge on any atom is -0.493 e. The van der Waals surface area contributed by atoms with Gasteiger partial charge in [-0.1, -0.05) is 17.7 Å². The molecule has 0 bridgehead atoms. The first-order chi connectivity index (χ1) is 12.7. The van der Waals surface area contributed by atoms with Gasteiger partial charge in [-0.15, -0.1) is 0 Å². The molecule has 0 aliphatic carbocycles.